The number of amides is 1. The van der Waals surface area contributed by atoms with Crippen LogP contribution >= 0.6 is 0 Å². The van der Waals surface area contributed by atoms with Gasteiger partial charge in [-0.1, -0.05) is 43.3 Å². The Hall–Kier alpha value is -4.26. The number of carbonyl (C=O) groups excluding carboxylic acids is 2. The van der Waals surface area contributed by atoms with Gasteiger partial charge in [0.05, 0.1) is 17.7 Å². The molecule has 1 saturated heterocycles. The zero-order valence-corrected chi connectivity index (χ0v) is 20.4. The van der Waals surface area contributed by atoms with E-state index in [9.17, 15) is 14.7 Å². The van der Waals surface area contributed by atoms with Crippen molar-refractivity contribution in [2.75, 3.05) is 11.7 Å². The Morgan fingerprint density at radius 1 is 1.00 bits per heavy atom. The average molecular weight is 486 g/mol. The number of anilines is 1. The summed E-state index contributed by atoms with van der Waals surface area (Å²) in [6.45, 7) is 6.00. The van der Waals surface area contributed by atoms with E-state index < -0.39 is 17.7 Å². The number of Topliss-reactive ketones (excluding diaryl/α,β-unsaturated/α-hetero) is 1. The molecule has 1 unspecified atom stereocenters. The second-order valence-corrected chi connectivity index (χ2v) is 8.99. The lowest BCUT2D eigenvalue weighted by Gasteiger charge is -2.26. The summed E-state index contributed by atoms with van der Waals surface area (Å²) in [5, 5.41) is 11.3. The topological polar surface area (TPSA) is 85.3 Å². The molecule has 184 valence electrons. The van der Waals surface area contributed by atoms with Crippen LogP contribution in [0, 0.1) is 0 Å². The van der Waals surface area contributed by atoms with Gasteiger partial charge in [0.25, 0.3) is 11.7 Å². The van der Waals surface area contributed by atoms with Crippen molar-refractivity contribution >= 4 is 23.1 Å². The van der Waals surface area contributed by atoms with Gasteiger partial charge in [0.2, 0.25) is 6.79 Å². The first-order valence-electron chi connectivity index (χ1n) is 11.9. The minimum absolute atomic E-state index is 0.00112. The molecule has 2 aliphatic rings. The molecule has 3 aromatic rings. The summed E-state index contributed by atoms with van der Waals surface area (Å²) in [4.78, 5) is 28.1. The number of aryl methyl sites for hydroxylation is 1. The van der Waals surface area contributed by atoms with Crippen molar-refractivity contribution in [3.63, 3.8) is 0 Å². The number of aliphatic hydroxyl groups excluding tert-OH is 1. The molecular weight excluding hydrogens is 458 g/mol. The number of rotatable bonds is 6. The van der Waals surface area contributed by atoms with E-state index >= 15 is 0 Å². The zero-order valence-electron chi connectivity index (χ0n) is 20.4. The molecule has 1 atom stereocenters. The van der Waals surface area contributed by atoms with E-state index in [1.165, 1.54) is 4.90 Å². The molecule has 0 aliphatic carbocycles. The highest BCUT2D eigenvalue weighted by atomic mass is 16.7. The van der Waals surface area contributed by atoms with Crippen LogP contribution in [0.4, 0.5) is 5.69 Å². The Balaban J connectivity index is 1.65. The van der Waals surface area contributed by atoms with E-state index in [2.05, 4.69) is 0 Å². The number of carbonyl (C=O) groups is 2. The van der Waals surface area contributed by atoms with Crippen molar-refractivity contribution in [3.05, 3.63) is 89.0 Å². The molecule has 0 bridgehead atoms. The molecule has 0 saturated carbocycles. The maximum atomic E-state index is 13.4. The van der Waals surface area contributed by atoms with E-state index in [-0.39, 0.29) is 24.2 Å². The van der Waals surface area contributed by atoms with Crippen molar-refractivity contribution in [1.82, 2.24) is 0 Å². The summed E-state index contributed by atoms with van der Waals surface area (Å²) in [5.41, 5.74) is 2.73. The number of hydrogen-bond donors (Lipinski definition) is 1. The maximum Gasteiger partial charge on any atom is 0.300 e. The monoisotopic (exact) mass is 485 g/mol. The van der Waals surface area contributed by atoms with Gasteiger partial charge >= 0.3 is 0 Å². The fourth-order valence-electron chi connectivity index (χ4n) is 4.50. The van der Waals surface area contributed by atoms with Gasteiger partial charge in [0.1, 0.15) is 11.5 Å². The normalized spacial score (nSPS) is 18.2. The maximum absolute atomic E-state index is 13.4. The van der Waals surface area contributed by atoms with E-state index in [4.69, 9.17) is 14.2 Å². The van der Waals surface area contributed by atoms with E-state index in [1.54, 1.807) is 42.5 Å². The smallest absolute Gasteiger partial charge is 0.300 e. The van der Waals surface area contributed by atoms with Gasteiger partial charge in [-0.25, -0.2) is 0 Å². The molecule has 5 rings (SSSR count). The second kappa shape index (κ2) is 9.41. The van der Waals surface area contributed by atoms with Gasteiger partial charge in [-0.05, 0) is 55.7 Å². The highest BCUT2D eigenvalue weighted by Gasteiger charge is 2.47. The van der Waals surface area contributed by atoms with Crippen LogP contribution in [0.2, 0.25) is 0 Å². The molecule has 1 amide bonds. The third-order valence-corrected chi connectivity index (χ3v) is 6.28. The van der Waals surface area contributed by atoms with Gasteiger partial charge < -0.3 is 19.3 Å². The SMILES string of the molecule is CCc1ccc(/C(O)=C2\C(=O)C(=O)N(c3ccc4c(c3)OCO4)C2c2ccc(OC(C)C)cc2)cc1. The molecule has 0 spiro atoms. The van der Waals surface area contributed by atoms with Gasteiger partial charge in [0.15, 0.2) is 11.5 Å². The number of ketones is 1. The molecule has 2 heterocycles. The Bertz CT molecular complexity index is 1340. The van der Waals surface area contributed by atoms with E-state index in [0.717, 1.165) is 12.0 Å². The number of benzene rings is 3. The molecule has 1 N–H and O–H groups in total. The van der Waals surface area contributed by atoms with Crippen molar-refractivity contribution in [3.8, 4) is 17.2 Å². The summed E-state index contributed by atoms with van der Waals surface area (Å²) in [5.74, 6) is 0.0307. The Morgan fingerprint density at radius 3 is 2.36 bits per heavy atom. The molecule has 1 fully saturated rings. The molecule has 7 heteroatoms. The van der Waals surface area contributed by atoms with Crippen molar-refractivity contribution < 1.29 is 28.9 Å². The summed E-state index contributed by atoms with van der Waals surface area (Å²) < 4.78 is 16.7. The molecule has 36 heavy (non-hydrogen) atoms. The minimum Gasteiger partial charge on any atom is -0.507 e. The van der Waals surface area contributed by atoms with Crippen LogP contribution in [0.3, 0.4) is 0 Å². The minimum atomic E-state index is -0.843. The molecular formula is C29H27NO6. The lowest BCUT2D eigenvalue weighted by atomic mass is 9.94. The van der Waals surface area contributed by atoms with Gasteiger partial charge in [-0.2, -0.15) is 0 Å². The van der Waals surface area contributed by atoms with Crippen LogP contribution in [0.25, 0.3) is 5.76 Å². The summed E-state index contributed by atoms with van der Waals surface area (Å²) in [6.07, 6.45) is 0.849. The molecule has 3 aromatic carbocycles. The lowest BCUT2D eigenvalue weighted by molar-refractivity contribution is -0.132. The third-order valence-electron chi connectivity index (χ3n) is 6.28. The predicted octanol–water partition coefficient (Wildman–Crippen LogP) is 5.39. The fraction of sp³-hybridized carbons (Fsp3) is 0.241. The van der Waals surface area contributed by atoms with Gasteiger partial charge in [0, 0.05) is 17.3 Å². The van der Waals surface area contributed by atoms with Gasteiger partial charge in [-0.3, -0.25) is 14.5 Å². The standard InChI is InChI=1S/C29H27NO6/c1-4-18-5-7-20(8-6-18)27(31)25-26(19-9-12-22(13-10-19)36-17(2)3)30(29(33)28(25)32)21-11-14-23-24(15-21)35-16-34-23/h5-15,17,26,31H,4,16H2,1-3H3/b27-25+. The summed E-state index contributed by atoms with van der Waals surface area (Å²) in [7, 11) is 0. The van der Waals surface area contributed by atoms with E-state index in [1.807, 2.05) is 45.0 Å². The molecule has 0 aromatic heterocycles. The zero-order chi connectivity index (χ0) is 25.4. The van der Waals surface area contributed by atoms with Crippen LogP contribution in [0.5, 0.6) is 17.2 Å². The molecule has 0 radical (unpaired) electrons. The Morgan fingerprint density at radius 2 is 1.69 bits per heavy atom. The summed E-state index contributed by atoms with van der Waals surface area (Å²) in [6, 6.07) is 18.8. The molecule has 7 nitrogen and oxygen atoms in total. The average Bonchev–Trinajstić information content (AvgIpc) is 3.45. The molecule has 2 aliphatic heterocycles. The largest absolute Gasteiger partial charge is 0.507 e. The van der Waals surface area contributed by atoms with Crippen LogP contribution in [-0.4, -0.2) is 29.7 Å². The van der Waals surface area contributed by atoms with Crippen molar-refractivity contribution in [1.29, 1.82) is 0 Å². The fourth-order valence-corrected chi connectivity index (χ4v) is 4.50. The first-order chi connectivity index (χ1) is 17.4. The first-order valence-corrected chi connectivity index (χ1v) is 11.9. The highest BCUT2D eigenvalue weighted by Crippen LogP contribution is 2.45. The third kappa shape index (κ3) is 4.17. The van der Waals surface area contributed by atoms with Crippen LogP contribution < -0.4 is 19.1 Å². The first kappa shape index (κ1) is 23.5. The summed E-state index contributed by atoms with van der Waals surface area (Å²) >= 11 is 0. The Labute approximate surface area is 209 Å². The number of aliphatic hydroxyl groups is 1. The van der Waals surface area contributed by atoms with Crippen molar-refractivity contribution in [2.45, 2.75) is 39.3 Å². The van der Waals surface area contributed by atoms with Gasteiger partial charge in [-0.15, -0.1) is 0 Å². The quantitative estimate of drug-likeness (QED) is 0.286. The number of nitrogens with zero attached hydrogens (tertiary/aromatic N) is 1. The van der Waals surface area contributed by atoms with Crippen LogP contribution in [0.15, 0.2) is 72.3 Å². The number of hydrogen-bond acceptors (Lipinski definition) is 6. The lowest BCUT2D eigenvalue weighted by Crippen LogP contribution is -2.29. The Kier molecular flexibility index (Phi) is 6.14. The second-order valence-electron chi connectivity index (χ2n) is 8.99. The van der Waals surface area contributed by atoms with Crippen molar-refractivity contribution in [2.24, 2.45) is 0 Å². The number of ether oxygens (including phenoxy) is 3. The number of fused-ring (bicyclic) bond motifs is 1. The van der Waals surface area contributed by atoms with Crippen LogP contribution in [0.1, 0.15) is 43.5 Å². The predicted molar refractivity (Wildman–Crippen MR) is 135 cm³/mol. The van der Waals surface area contributed by atoms with Crippen LogP contribution in [-0.2, 0) is 16.0 Å². The highest BCUT2D eigenvalue weighted by molar-refractivity contribution is 6.51. The van der Waals surface area contributed by atoms with E-state index in [0.29, 0.717) is 34.1 Å².